The number of rotatable bonds is 6. The van der Waals surface area contributed by atoms with Gasteiger partial charge in [0.1, 0.15) is 17.2 Å². The molecule has 6 nitrogen and oxygen atoms in total. The lowest BCUT2D eigenvalue weighted by Crippen LogP contribution is -2.33. The summed E-state index contributed by atoms with van der Waals surface area (Å²) in [5.74, 6) is 0.955. The number of aryl methyl sites for hydroxylation is 2. The van der Waals surface area contributed by atoms with Crippen molar-refractivity contribution in [1.82, 2.24) is 14.5 Å². The van der Waals surface area contributed by atoms with Crippen LogP contribution in [0.25, 0.3) is 10.2 Å². The largest absolute Gasteiger partial charge is 0.325 e. The van der Waals surface area contributed by atoms with E-state index in [-0.39, 0.29) is 18.0 Å². The van der Waals surface area contributed by atoms with Crippen LogP contribution < -0.4 is 10.9 Å². The third kappa shape index (κ3) is 4.62. The molecule has 1 saturated heterocycles. The van der Waals surface area contributed by atoms with Crippen molar-refractivity contribution in [3.05, 3.63) is 56.4 Å². The molecule has 1 fully saturated rings. The summed E-state index contributed by atoms with van der Waals surface area (Å²) >= 11 is 1.68. The van der Waals surface area contributed by atoms with Gasteiger partial charge in [-0.25, -0.2) is 4.98 Å². The predicted octanol–water partition coefficient (Wildman–Crippen LogP) is 4.69. The van der Waals surface area contributed by atoms with Gasteiger partial charge in [0, 0.05) is 10.6 Å². The highest BCUT2D eigenvalue weighted by atomic mass is 32.1. The van der Waals surface area contributed by atoms with Gasteiger partial charge in [-0.1, -0.05) is 26.0 Å². The van der Waals surface area contributed by atoms with E-state index in [1.165, 1.54) is 35.3 Å². The van der Waals surface area contributed by atoms with Crippen molar-refractivity contribution in [2.45, 2.75) is 71.4 Å². The number of nitrogens with zero attached hydrogens (tertiary/aromatic N) is 3. The van der Waals surface area contributed by atoms with Crippen LogP contribution in [0.3, 0.4) is 0 Å². The van der Waals surface area contributed by atoms with E-state index < -0.39 is 0 Å². The summed E-state index contributed by atoms with van der Waals surface area (Å²) in [5.41, 5.74) is 3.10. The van der Waals surface area contributed by atoms with Crippen molar-refractivity contribution < 1.29 is 4.79 Å². The maximum absolute atomic E-state index is 13.7. The standard InChI is InChI=1S/C26H32N4O2S/c1-17(2)18-9-11-19(12-10-18)27-23(31)16-30-22(15-29-13-5-6-14-29)28-25-24(26(30)32)20-7-3-4-8-21(20)33-25/h9-12,17H,3-8,13-16H2,1-2H3,(H,27,31). The molecule has 3 heterocycles. The number of hydrogen-bond acceptors (Lipinski definition) is 5. The molecule has 0 radical (unpaired) electrons. The first-order valence-electron chi connectivity index (χ1n) is 12.2. The number of nitrogens with one attached hydrogen (secondary N) is 1. The second-order valence-corrected chi connectivity index (χ2v) is 10.7. The SMILES string of the molecule is CC(C)c1ccc(NC(=O)Cn2c(CN3CCCC3)nc3sc4c(c3c2=O)CCCC4)cc1. The maximum atomic E-state index is 13.7. The summed E-state index contributed by atoms with van der Waals surface area (Å²) in [6.45, 7) is 6.93. The number of anilines is 1. The number of amides is 1. The summed E-state index contributed by atoms with van der Waals surface area (Å²) in [6, 6.07) is 7.93. The van der Waals surface area contributed by atoms with Gasteiger partial charge < -0.3 is 5.32 Å². The average Bonchev–Trinajstić information content (AvgIpc) is 3.44. The fourth-order valence-electron chi connectivity index (χ4n) is 5.00. The lowest BCUT2D eigenvalue weighted by atomic mass is 9.97. The molecule has 0 atom stereocenters. The number of aromatic nitrogens is 2. The van der Waals surface area contributed by atoms with E-state index in [2.05, 4.69) is 24.1 Å². The molecule has 1 aromatic carbocycles. The summed E-state index contributed by atoms with van der Waals surface area (Å²) in [5, 5.41) is 3.72. The summed E-state index contributed by atoms with van der Waals surface area (Å²) in [6.07, 6.45) is 6.60. The van der Waals surface area contributed by atoms with E-state index in [0.717, 1.165) is 48.3 Å². The van der Waals surface area contributed by atoms with Crippen molar-refractivity contribution in [2.75, 3.05) is 18.4 Å². The fraction of sp³-hybridized carbons (Fsp3) is 0.500. The monoisotopic (exact) mass is 464 g/mol. The van der Waals surface area contributed by atoms with Crippen LogP contribution in [0.15, 0.2) is 29.1 Å². The van der Waals surface area contributed by atoms with Crippen LogP contribution in [-0.4, -0.2) is 33.4 Å². The molecule has 33 heavy (non-hydrogen) atoms. The normalized spacial score (nSPS) is 16.5. The Bertz CT molecular complexity index is 1220. The molecule has 3 aromatic rings. The van der Waals surface area contributed by atoms with Crippen LogP contribution in [0.1, 0.15) is 67.3 Å². The number of hydrogen-bond donors (Lipinski definition) is 1. The highest BCUT2D eigenvalue weighted by Gasteiger charge is 2.24. The Morgan fingerprint density at radius 1 is 1.09 bits per heavy atom. The average molecular weight is 465 g/mol. The van der Waals surface area contributed by atoms with Crippen molar-refractivity contribution >= 4 is 33.1 Å². The van der Waals surface area contributed by atoms with Gasteiger partial charge in [0.15, 0.2) is 0 Å². The molecule has 0 saturated carbocycles. The second-order valence-electron chi connectivity index (χ2n) is 9.62. The number of benzene rings is 1. The fourth-order valence-corrected chi connectivity index (χ4v) is 6.27. The first-order chi connectivity index (χ1) is 16.0. The zero-order chi connectivity index (χ0) is 22.9. The summed E-state index contributed by atoms with van der Waals surface area (Å²) in [7, 11) is 0. The number of thiophene rings is 1. The Kier molecular flexibility index (Phi) is 6.34. The van der Waals surface area contributed by atoms with Gasteiger partial charge in [0.2, 0.25) is 5.91 Å². The van der Waals surface area contributed by atoms with Gasteiger partial charge in [0.25, 0.3) is 5.56 Å². The van der Waals surface area contributed by atoms with Gasteiger partial charge in [-0.2, -0.15) is 0 Å². The molecule has 0 bridgehead atoms. The minimum atomic E-state index is -0.192. The number of carbonyl (C=O) groups is 1. The molecule has 1 N–H and O–H groups in total. The molecule has 5 rings (SSSR count). The van der Waals surface area contributed by atoms with Crippen LogP contribution >= 0.6 is 11.3 Å². The van der Waals surface area contributed by atoms with Gasteiger partial charge in [0.05, 0.1) is 11.9 Å². The Labute approximate surface area is 198 Å². The van der Waals surface area contributed by atoms with Gasteiger partial charge in [-0.15, -0.1) is 11.3 Å². The van der Waals surface area contributed by atoms with Crippen LogP contribution in [-0.2, 0) is 30.7 Å². The molecule has 1 aliphatic heterocycles. The molecule has 0 unspecified atom stereocenters. The van der Waals surface area contributed by atoms with Crippen LogP contribution in [0.4, 0.5) is 5.69 Å². The quantitative estimate of drug-likeness (QED) is 0.574. The highest BCUT2D eigenvalue weighted by Crippen LogP contribution is 2.34. The zero-order valence-corrected chi connectivity index (χ0v) is 20.3. The molecule has 2 aromatic heterocycles. The summed E-state index contributed by atoms with van der Waals surface area (Å²) < 4.78 is 1.63. The second kappa shape index (κ2) is 9.39. The van der Waals surface area contributed by atoms with Crippen LogP contribution in [0, 0.1) is 0 Å². The summed E-state index contributed by atoms with van der Waals surface area (Å²) in [4.78, 5) is 36.1. The van der Waals surface area contributed by atoms with E-state index in [9.17, 15) is 9.59 Å². The van der Waals surface area contributed by atoms with Gasteiger partial charge in [-0.05, 0) is 80.8 Å². The number of fused-ring (bicyclic) bond motifs is 3. The van der Waals surface area contributed by atoms with Crippen LogP contribution in [0.2, 0.25) is 0 Å². The lowest BCUT2D eigenvalue weighted by molar-refractivity contribution is -0.116. The van der Waals surface area contributed by atoms with E-state index in [0.29, 0.717) is 18.3 Å². The molecular weight excluding hydrogens is 432 g/mol. The molecule has 1 amide bonds. The minimum absolute atomic E-state index is 0.0124. The smallest absolute Gasteiger partial charge is 0.263 e. The van der Waals surface area contributed by atoms with Crippen molar-refractivity contribution in [3.63, 3.8) is 0 Å². The molecule has 2 aliphatic rings. The number of likely N-dealkylation sites (tertiary alicyclic amines) is 1. The highest BCUT2D eigenvalue weighted by molar-refractivity contribution is 7.18. The third-order valence-electron chi connectivity index (χ3n) is 6.88. The third-order valence-corrected chi connectivity index (χ3v) is 8.07. The predicted molar refractivity (Wildman–Crippen MR) is 134 cm³/mol. The maximum Gasteiger partial charge on any atom is 0.263 e. The van der Waals surface area contributed by atoms with Crippen LogP contribution in [0.5, 0.6) is 0 Å². The molecule has 174 valence electrons. The number of carbonyl (C=O) groups excluding carboxylic acids is 1. The van der Waals surface area contributed by atoms with Crippen molar-refractivity contribution in [3.8, 4) is 0 Å². The van der Waals surface area contributed by atoms with E-state index >= 15 is 0 Å². The van der Waals surface area contributed by atoms with Crippen molar-refractivity contribution in [2.24, 2.45) is 0 Å². The van der Waals surface area contributed by atoms with E-state index in [4.69, 9.17) is 4.98 Å². The first kappa shape index (κ1) is 22.3. The molecular formula is C26H32N4O2S. The minimum Gasteiger partial charge on any atom is -0.325 e. The molecule has 0 spiro atoms. The zero-order valence-electron chi connectivity index (χ0n) is 19.5. The Balaban J connectivity index is 1.47. The lowest BCUT2D eigenvalue weighted by Gasteiger charge is -2.18. The van der Waals surface area contributed by atoms with Crippen molar-refractivity contribution in [1.29, 1.82) is 0 Å². The van der Waals surface area contributed by atoms with Gasteiger partial charge >= 0.3 is 0 Å². The van der Waals surface area contributed by atoms with E-state index in [1.807, 2.05) is 24.3 Å². The Morgan fingerprint density at radius 3 is 2.55 bits per heavy atom. The van der Waals surface area contributed by atoms with E-state index in [1.54, 1.807) is 15.9 Å². The Morgan fingerprint density at radius 2 is 1.82 bits per heavy atom. The first-order valence-corrected chi connectivity index (χ1v) is 13.0. The van der Waals surface area contributed by atoms with Gasteiger partial charge in [-0.3, -0.25) is 19.1 Å². The molecule has 1 aliphatic carbocycles. The molecule has 7 heteroatoms. The Hall–Kier alpha value is -2.51. The topological polar surface area (TPSA) is 67.2 Å².